The van der Waals surface area contributed by atoms with Gasteiger partial charge in [-0.25, -0.2) is 8.78 Å². The Morgan fingerprint density at radius 3 is 2.82 bits per heavy atom. The maximum absolute atomic E-state index is 13.4. The van der Waals surface area contributed by atoms with E-state index < -0.39 is 11.7 Å². The van der Waals surface area contributed by atoms with Crippen molar-refractivity contribution in [2.45, 2.75) is 19.9 Å². The molecule has 0 aliphatic heterocycles. The van der Waals surface area contributed by atoms with Gasteiger partial charge in [-0.15, -0.1) is 0 Å². The monoisotopic (exact) mass is 256 g/mol. The SMILES string of the molecule is C=C/C(F)=C(C)\C(F)=C/CCn1cc[nH]c1=S. The number of halogens is 2. The maximum Gasteiger partial charge on any atom is 0.177 e. The number of aryl methyl sites for hydroxylation is 1. The van der Waals surface area contributed by atoms with Crippen LogP contribution < -0.4 is 0 Å². The number of hydrogen-bond donors (Lipinski definition) is 1. The van der Waals surface area contributed by atoms with Gasteiger partial charge in [-0.05, 0) is 37.7 Å². The van der Waals surface area contributed by atoms with Crippen LogP contribution in [-0.4, -0.2) is 9.55 Å². The summed E-state index contributed by atoms with van der Waals surface area (Å²) in [5.41, 5.74) is -0.0299. The van der Waals surface area contributed by atoms with Gasteiger partial charge in [0.25, 0.3) is 0 Å². The number of hydrogen-bond acceptors (Lipinski definition) is 1. The molecule has 0 atom stereocenters. The van der Waals surface area contributed by atoms with E-state index in [2.05, 4.69) is 11.6 Å². The van der Waals surface area contributed by atoms with Crippen LogP contribution >= 0.6 is 12.2 Å². The Morgan fingerprint density at radius 2 is 2.29 bits per heavy atom. The van der Waals surface area contributed by atoms with Crippen LogP contribution in [0.2, 0.25) is 0 Å². The third-order valence-corrected chi connectivity index (χ3v) is 2.66. The molecule has 1 rings (SSSR count). The van der Waals surface area contributed by atoms with Crippen LogP contribution in [0.3, 0.4) is 0 Å². The summed E-state index contributed by atoms with van der Waals surface area (Å²) in [4.78, 5) is 2.84. The van der Waals surface area contributed by atoms with E-state index in [4.69, 9.17) is 12.2 Å². The van der Waals surface area contributed by atoms with Crippen molar-refractivity contribution in [3.05, 3.63) is 53.1 Å². The van der Waals surface area contributed by atoms with Gasteiger partial charge in [0, 0.05) is 24.5 Å². The Balaban J connectivity index is 2.64. The van der Waals surface area contributed by atoms with Gasteiger partial charge in [0.05, 0.1) is 0 Å². The van der Waals surface area contributed by atoms with E-state index in [9.17, 15) is 8.78 Å². The third kappa shape index (κ3) is 3.78. The summed E-state index contributed by atoms with van der Waals surface area (Å²) in [7, 11) is 0. The molecule has 1 heterocycles. The Labute approximate surface area is 104 Å². The molecule has 0 bridgehead atoms. The number of aromatic nitrogens is 2. The van der Waals surface area contributed by atoms with E-state index >= 15 is 0 Å². The van der Waals surface area contributed by atoms with Gasteiger partial charge in [-0.2, -0.15) is 0 Å². The lowest BCUT2D eigenvalue weighted by molar-refractivity contribution is 0.601. The molecule has 0 saturated carbocycles. The molecular weight excluding hydrogens is 242 g/mol. The van der Waals surface area contributed by atoms with Gasteiger partial charge in [0.1, 0.15) is 11.7 Å². The molecule has 0 radical (unpaired) electrons. The van der Waals surface area contributed by atoms with Crippen LogP contribution in [0.1, 0.15) is 13.3 Å². The maximum atomic E-state index is 13.4. The lowest BCUT2D eigenvalue weighted by atomic mass is 10.2. The number of rotatable bonds is 5. The number of H-pyrrole nitrogens is 1. The second-order valence-corrected chi connectivity index (χ2v) is 3.86. The average molecular weight is 256 g/mol. The van der Waals surface area contributed by atoms with Crippen LogP contribution in [0.5, 0.6) is 0 Å². The molecule has 0 aromatic carbocycles. The highest BCUT2D eigenvalue weighted by atomic mass is 32.1. The number of nitrogens with one attached hydrogen (secondary N) is 1. The van der Waals surface area contributed by atoms with Gasteiger partial charge < -0.3 is 9.55 Å². The Kier molecular flexibility index (Phi) is 5.03. The fourth-order valence-corrected chi connectivity index (χ4v) is 1.50. The molecule has 0 amide bonds. The molecule has 0 saturated heterocycles. The Morgan fingerprint density at radius 1 is 1.59 bits per heavy atom. The minimum atomic E-state index is -0.642. The van der Waals surface area contributed by atoms with Gasteiger partial charge in [-0.1, -0.05) is 6.58 Å². The van der Waals surface area contributed by atoms with Crippen molar-refractivity contribution in [1.29, 1.82) is 0 Å². The topological polar surface area (TPSA) is 20.7 Å². The first-order valence-corrected chi connectivity index (χ1v) is 5.55. The van der Waals surface area contributed by atoms with Crippen molar-refractivity contribution in [3.63, 3.8) is 0 Å². The zero-order valence-corrected chi connectivity index (χ0v) is 10.4. The van der Waals surface area contributed by atoms with Crippen molar-refractivity contribution in [2.24, 2.45) is 0 Å². The van der Waals surface area contributed by atoms with Crippen LogP contribution in [0, 0.1) is 4.77 Å². The van der Waals surface area contributed by atoms with Gasteiger partial charge in [0.15, 0.2) is 4.77 Å². The molecule has 0 aliphatic carbocycles. The number of nitrogens with zero attached hydrogens (tertiary/aromatic N) is 1. The first-order chi connectivity index (χ1) is 8.06. The summed E-state index contributed by atoms with van der Waals surface area (Å²) in [5.74, 6) is -1.21. The highest BCUT2D eigenvalue weighted by molar-refractivity contribution is 7.71. The highest BCUT2D eigenvalue weighted by Gasteiger charge is 2.03. The van der Waals surface area contributed by atoms with Gasteiger partial charge in [0.2, 0.25) is 0 Å². The Hall–Kier alpha value is -1.49. The molecule has 0 spiro atoms. The summed E-state index contributed by atoms with van der Waals surface area (Å²) >= 11 is 4.99. The average Bonchev–Trinajstić information content (AvgIpc) is 2.73. The molecule has 5 heteroatoms. The smallest absolute Gasteiger partial charge is 0.177 e. The molecule has 2 nitrogen and oxygen atoms in total. The molecule has 0 unspecified atom stereocenters. The summed E-state index contributed by atoms with van der Waals surface area (Å²) in [6.45, 7) is 5.18. The third-order valence-electron chi connectivity index (χ3n) is 2.31. The van der Waals surface area contributed by atoms with Crippen molar-refractivity contribution < 1.29 is 8.78 Å². The summed E-state index contributed by atoms with van der Waals surface area (Å²) in [6.07, 6.45) is 6.27. The highest BCUT2D eigenvalue weighted by Crippen LogP contribution is 2.18. The molecule has 92 valence electrons. The van der Waals surface area contributed by atoms with Crippen molar-refractivity contribution in [1.82, 2.24) is 9.55 Å². The molecular formula is C12H14F2N2S. The quantitative estimate of drug-likeness (QED) is 0.618. The predicted molar refractivity (Wildman–Crippen MR) is 67.4 cm³/mol. The van der Waals surface area contributed by atoms with Crippen LogP contribution in [0.4, 0.5) is 8.78 Å². The molecule has 1 N–H and O–H groups in total. The van der Waals surface area contributed by atoms with Crippen molar-refractivity contribution in [2.75, 3.05) is 0 Å². The standard InChI is InChI=1S/C12H14F2N2S/c1-3-10(13)9(2)11(14)5-4-7-16-8-6-15-12(16)17/h3,5-6,8H,1,4,7H2,2H3,(H,15,17)/b10-9+,11-5+. The summed E-state index contributed by atoms with van der Waals surface area (Å²) in [6, 6.07) is 0. The lowest BCUT2D eigenvalue weighted by Crippen LogP contribution is -1.95. The van der Waals surface area contributed by atoms with Gasteiger partial charge in [-0.3, -0.25) is 0 Å². The van der Waals surface area contributed by atoms with E-state index in [0.717, 1.165) is 6.08 Å². The summed E-state index contributed by atoms with van der Waals surface area (Å²) < 4.78 is 28.8. The minimum Gasteiger partial charge on any atom is -0.337 e. The zero-order chi connectivity index (χ0) is 12.8. The van der Waals surface area contributed by atoms with Crippen molar-refractivity contribution in [3.8, 4) is 0 Å². The fourth-order valence-electron chi connectivity index (χ4n) is 1.28. The second kappa shape index (κ2) is 6.30. The fraction of sp³-hybridized carbons (Fsp3) is 0.250. The molecule has 17 heavy (non-hydrogen) atoms. The van der Waals surface area contributed by atoms with E-state index in [0.29, 0.717) is 17.7 Å². The van der Waals surface area contributed by atoms with Crippen LogP contribution in [0.25, 0.3) is 0 Å². The van der Waals surface area contributed by atoms with Crippen LogP contribution in [0.15, 0.2) is 48.4 Å². The lowest BCUT2D eigenvalue weighted by Gasteiger charge is -2.00. The van der Waals surface area contributed by atoms with Gasteiger partial charge >= 0.3 is 0 Å². The second-order valence-electron chi connectivity index (χ2n) is 3.48. The van der Waals surface area contributed by atoms with E-state index in [1.165, 1.54) is 13.0 Å². The first-order valence-electron chi connectivity index (χ1n) is 5.15. The number of imidazole rings is 1. The van der Waals surface area contributed by atoms with E-state index in [-0.39, 0.29) is 5.57 Å². The molecule has 1 aromatic heterocycles. The first kappa shape index (κ1) is 13.6. The molecule has 0 fully saturated rings. The van der Waals surface area contributed by atoms with Crippen LogP contribution in [-0.2, 0) is 6.54 Å². The number of aromatic amines is 1. The summed E-state index contributed by atoms with van der Waals surface area (Å²) in [5, 5.41) is 0. The normalized spacial score (nSPS) is 13.5. The zero-order valence-electron chi connectivity index (χ0n) is 9.54. The predicted octanol–water partition coefficient (Wildman–Crippen LogP) is 4.22. The van der Waals surface area contributed by atoms with E-state index in [1.54, 1.807) is 17.0 Å². The molecule has 1 aromatic rings. The largest absolute Gasteiger partial charge is 0.337 e. The van der Waals surface area contributed by atoms with E-state index in [1.807, 2.05) is 0 Å². The Bertz CT molecular complexity index is 509. The molecule has 0 aliphatic rings. The van der Waals surface area contributed by atoms with Crippen molar-refractivity contribution >= 4 is 12.2 Å². The minimum absolute atomic E-state index is 0.0299. The number of allylic oxidation sites excluding steroid dienone is 5.